The van der Waals surface area contributed by atoms with E-state index in [-0.39, 0.29) is 41.4 Å². The number of hydrogen-bond acceptors (Lipinski definition) is 6. The molecule has 4 rings (SSSR count). The molecule has 0 spiro atoms. The second-order valence-corrected chi connectivity index (χ2v) is 10.1. The molecule has 2 aromatic rings. The molecule has 2 atom stereocenters. The summed E-state index contributed by atoms with van der Waals surface area (Å²) in [5.74, 6) is -2.48. The molecule has 9 heteroatoms. The monoisotopic (exact) mass is 482 g/mol. The van der Waals surface area contributed by atoms with Gasteiger partial charge in [-0.25, -0.2) is 9.59 Å². The van der Waals surface area contributed by atoms with Crippen LogP contribution in [-0.4, -0.2) is 51.8 Å². The predicted octanol–water partition coefficient (Wildman–Crippen LogP) is 3.94. The van der Waals surface area contributed by atoms with E-state index in [4.69, 9.17) is 9.47 Å². The number of hydrogen-bond donors (Lipinski definition) is 3. The lowest BCUT2D eigenvalue weighted by Crippen LogP contribution is -2.62. The van der Waals surface area contributed by atoms with Gasteiger partial charge >= 0.3 is 12.2 Å². The summed E-state index contributed by atoms with van der Waals surface area (Å²) in [6.45, 7) is 8.67. The van der Waals surface area contributed by atoms with Gasteiger partial charge in [-0.15, -0.1) is 0 Å². The molecule has 2 amide bonds. The van der Waals surface area contributed by atoms with Crippen LogP contribution in [0.4, 0.5) is 9.59 Å². The zero-order valence-corrected chi connectivity index (χ0v) is 20.4. The number of benzene rings is 2. The van der Waals surface area contributed by atoms with E-state index in [2.05, 4.69) is 5.32 Å². The van der Waals surface area contributed by atoms with Crippen LogP contribution >= 0.6 is 0 Å². The fraction of sp³-hybridized carbons (Fsp3) is 0.423. The van der Waals surface area contributed by atoms with Crippen molar-refractivity contribution in [3.63, 3.8) is 0 Å². The van der Waals surface area contributed by atoms with Crippen molar-refractivity contribution in [2.45, 2.75) is 57.5 Å². The number of ether oxygens (including phenoxy) is 2. The van der Waals surface area contributed by atoms with E-state index in [9.17, 15) is 24.6 Å². The minimum Gasteiger partial charge on any atom is -0.465 e. The van der Waals surface area contributed by atoms with E-state index in [1.54, 1.807) is 63.2 Å². The van der Waals surface area contributed by atoms with Crippen LogP contribution in [0, 0.1) is 0 Å². The maximum Gasteiger partial charge on any atom is 0.408 e. The summed E-state index contributed by atoms with van der Waals surface area (Å²) < 4.78 is 11.3. The van der Waals surface area contributed by atoms with Gasteiger partial charge in [-0.05, 0) is 38.3 Å². The van der Waals surface area contributed by atoms with E-state index >= 15 is 0 Å². The van der Waals surface area contributed by atoms with Crippen molar-refractivity contribution >= 4 is 18.0 Å². The van der Waals surface area contributed by atoms with Gasteiger partial charge in [0.1, 0.15) is 11.4 Å². The molecule has 2 unspecified atom stereocenters. The predicted molar refractivity (Wildman–Crippen MR) is 126 cm³/mol. The summed E-state index contributed by atoms with van der Waals surface area (Å²) >= 11 is 0. The SMILES string of the molecule is CC(C)c1ccc2c(c1)OC1(O)c3ccccc3C(=O)C21N(CCNC(=O)OC(C)(C)C)C(=O)O. The molecular weight excluding hydrogens is 452 g/mol. The van der Waals surface area contributed by atoms with Gasteiger partial charge in [0.2, 0.25) is 11.3 Å². The molecule has 1 aliphatic heterocycles. The molecule has 35 heavy (non-hydrogen) atoms. The first-order valence-corrected chi connectivity index (χ1v) is 11.5. The normalized spacial score (nSPS) is 22.2. The lowest BCUT2D eigenvalue weighted by Gasteiger charge is -2.41. The minimum atomic E-state index is -2.27. The number of Topliss-reactive ketones (excluding diaryl/α,β-unsaturated/α-hetero) is 1. The number of carbonyl (C=O) groups is 3. The van der Waals surface area contributed by atoms with Crippen molar-refractivity contribution in [1.82, 2.24) is 10.2 Å². The van der Waals surface area contributed by atoms with Gasteiger partial charge in [0, 0.05) is 29.8 Å². The maximum absolute atomic E-state index is 14.0. The Bertz CT molecular complexity index is 1200. The van der Waals surface area contributed by atoms with Gasteiger partial charge in [0.05, 0.1) is 0 Å². The molecule has 2 aromatic carbocycles. The van der Waals surface area contributed by atoms with Gasteiger partial charge in [-0.2, -0.15) is 0 Å². The average molecular weight is 483 g/mol. The Balaban J connectivity index is 1.80. The standard InChI is InChI=1S/C26H30N2O7/c1-15(2)16-10-11-19-20(14-16)34-26(33)18-9-7-6-8-17(18)21(29)25(19,26)28(23(31)32)13-12-27-22(30)35-24(3,4)5/h6-11,14-15,33H,12-13H2,1-5H3,(H,27,30)(H,31,32). The molecule has 0 saturated carbocycles. The highest BCUT2D eigenvalue weighted by Gasteiger charge is 2.74. The third-order valence-corrected chi connectivity index (χ3v) is 6.31. The van der Waals surface area contributed by atoms with Gasteiger partial charge in [-0.1, -0.05) is 50.2 Å². The molecule has 9 nitrogen and oxygen atoms in total. The molecule has 3 N–H and O–H groups in total. The van der Waals surface area contributed by atoms with Crippen molar-refractivity contribution in [1.29, 1.82) is 0 Å². The number of nitrogens with one attached hydrogen (secondary N) is 1. The van der Waals surface area contributed by atoms with Gasteiger partial charge in [0.25, 0.3) is 5.79 Å². The first-order valence-electron chi connectivity index (χ1n) is 11.5. The largest absolute Gasteiger partial charge is 0.465 e. The molecule has 0 fully saturated rings. The number of ketones is 1. The van der Waals surface area contributed by atoms with E-state index in [0.29, 0.717) is 0 Å². The molecule has 0 bridgehead atoms. The van der Waals surface area contributed by atoms with Crippen LogP contribution in [0.5, 0.6) is 5.75 Å². The van der Waals surface area contributed by atoms with Gasteiger partial charge in [0.15, 0.2) is 0 Å². The molecule has 1 heterocycles. The van der Waals surface area contributed by atoms with Crippen molar-refractivity contribution < 1.29 is 34.1 Å². The Morgan fingerprint density at radius 1 is 1.14 bits per heavy atom. The summed E-state index contributed by atoms with van der Waals surface area (Å²) in [7, 11) is 0. The Hall–Kier alpha value is -3.59. The Kier molecular flexibility index (Phi) is 5.79. The summed E-state index contributed by atoms with van der Waals surface area (Å²) in [4.78, 5) is 39.6. The van der Waals surface area contributed by atoms with E-state index in [1.807, 2.05) is 13.8 Å². The van der Waals surface area contributed by atoms with Crippen LogP contribution in [0.15, 0.2) is 42.5 Å². The average Bonchev–Trinajstić information content (AvgIpc) is 3.13. The maximum atomic E-state index is 14.0. The fourth-order valence-electron chi connectivity index (χ4n) is 4.84. The zero-order chi connectivity index (χ0) is 25.8. The lowest BCUT2D eigenvalue weighted by atomic mass is 9.80. The number of amides is 2. The number of carbonyl (C=O) groups excluding carboxylic acids is 2. The Morgan fingerprint density at radius 3 is 2.46 bits per heavy atom. The van der Waals surface area contributed by atoms with Crippen molar-refractivity contribution in [3.8, 4) is 5.75 Å². The molecule has 2 aliphatic rings. The molecule has 0 aromatic heterocycles. The zero-order valence-electron chi connectivity index (χ0n) is 20.4. The highest BCUT2D eigenvalue weighted by Crippen LogP contribution is 2.61. The van der Waals surface area contributed by atoms with Crippen LogP contribution in [0.3, 0.4) is 0 Å². The number of alkyl carbamates (subject to hydrolysis) is 1. The van der Waals surface area contributed by atoms with Crippen LogP contribution < -0.4 is 10.1 Å². The third-order valence-electron chi connectivity index (χ3n) is 6.31. The molecule has 186 valence electrons. The number of fused-ring (bicyclic) bond motifs is 5. The number of rotatable bonds is 5. The van der Waals surface area contributed by atoms with Crippen molar-refractivity contribution in [3.05, 3.63) is 64.7 Å². The fourth-order valence-corrected chi connectivity index (χ4v) is 4.84. The van der Waals surface area contributed by atoms with E-state index in [0.717, 1.165) is 10.5 Å². The number of carboxylic acid groups (broad SMARTS) is 1. The van der Waals surface area contributed by atoms with Crippen molar-refractivity contribution in [2.75, 3.05) is 13.1 Å². The Morgan fingerprint density at radius 2 is 1.83 bits per heavy atom. The van der Waals surface area contributed by atoms with E-state index < -0.39 is 34.9 Å². The van der Waals surface area contributed by atoms with Crippen LogP contribution in [0.1, 0.15) is 67.6 Å². The first-order chi connectivity index (χ1) is 16.3. The topological polar surface area (TPSA) is 125 Å². The number of nitrogens with zero attached hydrogens (tertiary/aromatic N) is 1. The summed E-state index contributed by atoms with van der Waals surface area (Å²) in [5.41, 5.74) is -1.27. The lowest BCUT2D eigenvalue weighted by molar-refractivity contribution is -0.195. The second-order valence-electron chi connectivity index (χ2n) is 10.1. The molecular formula is C26H30N2O7. The van der Waals surface area contributed by atoms with Gasteiger partial charge in [-0.3, -0.25) is 9.69 Å². The second kappa shape index (κ2) is 8.27. The van der Waals surface area contributed by atoms with Crippen LogP contribution in [0.25, 0.3) is 0 Å². The quantitative estimate of drug-likeness (QED) is 0.589. The molecule has 0 radical (unpaired) electrons. The molecule has 1 aliphatic carbocycles. The first kappa shape index (κ1) is 24.5. The Labute approximate surface area is 203 Å². The minimum absolute atomic E-state index is 0.145. The smallest absolute Gasteiger partial charge is 0.408 e. The van der Waals surface area contributed by atoms with Gasteiger partial charge < -0.3 is 25.0 Å². The summed E-state index contributed by atoms with van der Waals surface area (Å²) in [6, 6.07) is 11.6. The highest BCUT2D eigenvalue weighted by molar-refractivity contribution is 6.11. The molecule has 0 saturated heterocycles. The third kappa shape index (κ3) is 3.70. The van der Waals surface area contributed by atoms with Crippen molar-refractivity contribution in [2.24, 2.45) is 0 Å². The summed E-state index contributed by atoms with van der Waals surface area (Å²) in [5, 5.41) is 24.8. The van der Waals surface area contributed by atoms with Crippen LogP contribution in [-0.2, 0) is 16.1 Å². The summed E-state index contributed by atoms with van der Waals surface area (Å²) in [6.07, 6.45) is -2.17. The van der Waals surface area contributed by atoms with Crippen LogP contribution in [0.2, 0.25) is 0 Å². The number of aliphatic hydroxyl groups is 1. The highest BCUT2D eigenvalue weighted by atomic mass is 16.6. The van der Waals surface area contributed by atoms with E-state index in [1.165, 1.54) is 0 Å².